The predicted molar refractivity (Wildman–Crippen MR) is 103 cm³/mol. The van der Waals surface area contributed by atoms with Crippen molar-refractivity contribution >= 4 is 5.97 Å². The van der Waals surface area contributed by atoms with Crippen molar-refractivity contribution in [1.82, 2.24) is 0 Å². The first-order chi connectivity index (χ1) is 12.6. The van der Waals surface area contributed by atoms with Crippen molar-refractivity contribution in [2.45, 2.75) is 52.4 Å². The maximum atomic E-state index is 10.3. The summed E-state index contributed by atoms with van der Waals surface area (Å²) in [6.07, 6.45) is 4.93. The Kier molecular flexibility index (Phi) is 11.7. The molecule has 0 amide bonds. The molecule has 0 heterocycles. The molecule has 1 aromatic carbocycles. The van der Waals surface area contributed by atoms with E-state index in [1.165, 1.54) is 24.8 Å². The number of carboxylic acid groups (broad SMARTS) is 1. The predicted octanol–water partition coefficient (Wildman–Crippen LogP) is 4.50. The van der Waals surface area contributed by atoms with Gasteiger partial charge in [-0.1, -0.05) is 45.7 Å². The minimum absolute atomic E-state index is 0.274. The Morgan fingerprint density at radius 2 is 1.62 bits per heavy atom. The molecule has 5 nitrogen and oxygen atoms in total. The van der Waals surface area contributed by atoms with E-state index >= 15 is 0 Å². The van der Waals surface area contributed by atoms with Gasteiger partial charge in [0.05, 0.1) is 19.8 Å². The van der Waals surface area contributed by atoms with Crippen LogP contribution in [0.3, 0.4) is 0 Å². The van der Waals surface area contributed by atoms with E-state index in [2.05, 4.69) is 32.9 Å². The van der Waals surface area contributed by atoms with Gasteiger partial charge in [0.15, 0.2) is 0 Å². The van der Waals surface area contributed by atoms with Crippen LogP contribution in [0.2, 0.25) is 0 Å². The van der Waals surface area contributed by atoms with Gasteiger partial charge in [-0.3, -0.25) is 0 Å². The van der Waals surface area contributed by atoms with E-state index in [1.54, 1.807) is 0 Å². The molecule has 0 bridgehead atoms. The third kappa shape index (κ3) is 9.78. The number of aliphatic carboxylic acids is 1. The van der Waals surface area contributed by atoms with E-state index in [0.29, 0.717) is 25.7 Å². The van der Waals surface area contributed by atoms with E-state index < -0.39 is 5.97 Å². The van der Waals surface area contributed by atoms with Gasteiger partial charge < -0.3 is 19.3 Å². The van der Waals surface area contributed by atoms with Crippen molar-refractivity contribution in [1.29, 1.82) is 0 Å². The van der Waals surface area contributed by atoms with Crippen LogP contribution in [0.5, 0.6) is 5.75 Å². The van der Waals surface area contributed by atoms with Crippen molar-refractivity contribution in [2.24, 2.45) is 5.92 Å². The third-order valence-electron chi connectivity index (χ3n) is 4.64. The molecule has 0 spiro atoms. The van der Waals surface area contributed by atoms with Crippen LogP contribution < -0.4 is 4.74 Å². The quantitative estimate of drug-likeness (QED) is 0.463. The van der Waals surface area contributed by atoms with Gasteiger partial charge in [0.2, 0.25) is 0 Å². The summed E-state index contributed by atoms with van der Waals surface area (Å²) in [6.45, 7) is 8.09. The van der Waals surface area contributed by atoms with Crippen LogP contribution in [0, 0.1) is 5.92 Å². The highest BCUT2D eigenvalue weighted by Crippen LogP contribution is 2.28. The number of benzene rings is 1. The fourth-order valence-electron chi connectivity index (χ4n) is 2.73. The van der Waals surface area contributed by atoms with Crippen LogP contribution >= 0.6 is 0 Å². The molecule has 26 heavy (non-hydrogen) atoms. The summed E-state index contributed by atoms with van der Waals surface area (Å²) in [6, 6.07) is 8.38. The first kappa shape index (κ1) is 22.5. The largest absolute Gasteiger partial charge is 0.491 e. The molecule has 0 aromatic heterocycles. The molecule has 2 unspecified atom stereocenters. The average Bonchev–Trinajstić information content (AvgIpc) is 2.64. The molecule has 5 heteroatoms. The average molecular weight is 366 g/mol. The Labute approximate surface area is 157 Å². The zero-order valence-corrected chi connectivity index (χ0v) is 16.4. The fourth-order valence-corrected chi connectivity index (χ4v) is 2.73. The number of carboxylic acids is 1. The normalized spacial score (nSPS) is 13.3. The molecular weight excluding hydrogens is 332 g/mol. The zero-order valence-electron chi connectivity index (χ0n) is 16.4. The molecule has 0 aliphatic carbocycles. The van der Waals surface area contributed by atoms with Gasteiger partial charge in [-0.05, 0) is 42.4 Å². The van der Waals surface area contributed by atoms with Gasteiger partial charge >= 0.3 is 5.97 Å². The lowest BCUT2D eigenvalue weighted by atomic mass is 9.88. The SMILES string of the molecule is CCC(C)CCC(CC)c1ccc(OCCOCCOCC(=O)O)cc1. The molecule has 1 aromatic rings. The topological polar surface area (TPSA) is 65.0 Å². The van der Waals surface area contributed by atoms with E-state index in [1.807, 2.05) is 12.1 Å². The highest BCUT2D eigenvalue weighted by atomic mass is 16.5. The van der Waals surface area contributed by atoms with Gasteiger partial charge in [0.1, 0.15) is 19.0 Å². The van der Waals surface area contributed by atoms with E-state index in [-0.39, 0.29) is 13.2 Å². The van der Waals surface area contributed by atoms with Crippen LogP contribution in [0.1, 0.15) is 57.9 Å². The summed E-state index contributed by atoms with van der Waals surface area (Å²) in [5, 5.41) is 8.43. The molecule has 0 fully saturated rings. The van der Waals surface area contributed by atoms with Crippen molar-refractivity contribution in [3.8, 4) is 5.75 Å². The number of hydrogen-bond acceptors (Lipinski definition) is 4. The summed E-state index contributed by atoms with van der Waals surface area (Å²) in [7, 11) is 0. The van der Waals surface area contributed by atoms with Crippen molar-refractivity contribution in [3.63, 3.8) is 0 Å². The Bertz CT molecular complexity index is 486. The zero-order chi connectivity index (χ0) is 19.2. The Morgan fingerprint density at radius 1 is 0.962 bits per heavy atom. The van der Waals surface area contributed by atoms with Crippen LogP contribution in [0.15, 0.2) is 24.3 Å². The second kappa shape index (κ2) is 13.6. The molecule has 2 atom stereocenters. The van der Waals surface area contributed by atoms with Crippen LogP contribution in [-0.4, -0.2) is 44.1 Å². The molecule has 0 aliphatic heterocycles. The van der Waals surface area contributed by atoms with Crippen molar-refractivity contribution in [3.05, 3.63) is 29.8 Å². The molecule has 0 radical (unpaired) electrons. The summed E-state index contributed by atoms with van der Waals surface area (Å²) < 4.78 is 15.9. The fraction of sp³-hybridized carbons (Fsp3) is 0.667. The smallest absolute Gasteiger partial charge is 0.329 e. The molecule has 0 aliphatic rings. The third-order valence-corrected chi connectivity index (χ3v) is 4.64. The van der Waals surface area contributed by atoms with Gasteiger partial charge in [-0.2, -0.15) is 0 Å². The molecule has 1 N–H and O–H groups in total. The van der Waals surface area contributed by atoms with Crippen LogP contribution in [0.25, 0.3) is 0 Å². The van der Waals surface area contributed by atoms with Gasteiger partial charge in [0.25, 0.3) is 0 Å². The second-order valence-electron chi connectivity index (χ2n) is 6.67. The standard InChI is InChI=1S/C21H34O5/c1-4-17(3)6-7-18(5-2)19-8-10-20(11-9-19)26-15-14-24-12-13-25-16-21(22)23/h8-11,17-18H,4-7,12-16H2,1-3H3,(H,22,23). The molecule has 0 saturated heterocycles. The summed E-state index contributed by atoms with van der Waals surface area (Å²) >= 11 is 0. The second-order valence-corrected chi connectivity index (χ2v) is 6.67. The number of carbonyl (C=O) groups is 1. The van der Waals surface area contributed by atoms with Gasteiger partial charge in [0, 0.05) is 0 Å². The number of ether oxygens (including phenoxy) is 3. The maximum Gasteiger partial charge on any atom is 0.329 e. The maximum absolute atomic E-state index is 10.3. The summed E-state index contributed by atoms with van der Waals surface area (Å²) in [5.41, 5.74) is 1.38. The lowest BCUT2D eigenvalue weighted by molar-refractivity contribution is -0.142. The molecule has 148 valence electrons. The van der Waals surface area contributed by atoms with Gasteiger partial charge in [-0.25, -0.2) is 4.79 Å². The van der Waals surface area contributed by atoms with E-state index in [0.717, 1.165) is 18.1 Å². The lowest BCUT2D eigenvalue weighted by Gasteiger charge is -2.18. The highest BCUT2D eigenvalue weighted by Gasteiger charge is 2.11. The Balaban J connectivity index is 2.24. The minimum atomic E-state index is -0.970. The lowest BCUT2D eigenvalue weighted by Crippen LogP contribution is -2.13. The number of hydrogen-bond donors (Lipinski definition) is 1. The minimum Gasteiger partial charge on any atom is -0.491 e. The first-order valence-corrected chi connectivity index (χ1v) is 9.66. The molecular formula is C21H34O5. The Hall–Kier alpha value is -1.59. The molecule has 0 saturated carbocycles. The van der Waals surface area contributed by atoms with Crippen molar-refractivity contribution in [2.75, 3.05) is 33.0 Å². The van der Waals surface area contributed by atoms with E-state index in [9.17, 15) is 4.79 Å². The summed E-state index contributed by atoms with van der Waals surface area (Å²) in [4.78, 5) is 10.3. The van der Waals surface area contributed by atoms with Crippen LogP contribution in [-0.2, 0) is 14.3 Å². The number of rotatable bonds is 15. The highest BCUT2D eigenvalue weighted by molar-refractivity contribution is 5.67. The first-order valence-electron chi connectivity index (χ1n) is 9.66. The van der Waals surface area contributed by atoms with Crippen LogP contribution in [0.4, 0.5) is 0 Å². The Morgan fingerprint density at radius 3 is 2.23 bits per heavy atom. The van der Waals surface area contributed by atoms with Crippen molar-refractivity contribution < 1.29 is 24.1 Å². The summed E-state index contributed by atoms with van der Waals surface area (Å²) in [5.74, 6) is 1.28. The van der Waals surface area contributed by atoms with Gasteiger partial charge in [-0.15, -0.1) is 0 Å². The van der Waals surface area contributed by atoms with E-state index in [4.69, 9.17) is 19.3 Å². The monoisotopic (exact) mass is 366 g/mol. The molecule has 1 rings (SSSR count).